The zero-order chi connectivity index (χ0) is 21.3. The largest absolute Gasteiger partial charge is 0.497 e. The number of carbonyl (C=O) groups is 2. The molecule has 0 aromatic heterocycles. The number of allylic oxidation sites excluding steroid dienone is 2. The lowest BCUT2D eigenvalue weighted by Crippen LogP contribution is -2.39. The summed E-state index contributed by atoms with van der Waals surface area (Å²) in [5.74, 6) is -0.282. The second-order valence-corrected chi connectivity index (χ2v) is 7.93. The van der Waals surface area contributed by atoms with Gasteiger partial charge in [-0.15, -0.1) is 0 Å². The molecular formula is C25H26N2O3. The van der Waals surface area contributed by atoms with Gasteiger partial charge in [0.15, 0.2) is 5.78 Å². The highest BCUT2D eigenvalue weighted by Crippen LogP contribution is 2.44. The van der Waals surface area contributed by atoms with Crippen LogP contribution in [0.2, 0.25) is 0 Å². The molecule has 0 fully saturated rings. The number of ether oxygens (including phenoxy) is 1. The van der Waals surface area contributed by atoms with E-state index >= 15 is 0 Å². The summed E-state index contributed by atoms with van der Waals surface area (Å²) >= 11 is 0. The zero-order valence-corrected chi connectivity index (χ0v) is 17.6. The number of aliphatic imine (C=N–C) groups is 1. The Labute approximate surface area is 176 Å². The summed E-state index contributed by atoms with van der Waals surface area (Å²) in [6, 6.07) is 15.3. The van der Waals surface area contributed by atoms with Gasteiger partial charge < -0.3 is 10.1 Å². The van der Waals surface area contributed by atoms with E-state index in [0.717, 1.165) is 41.1 Å². The molecule has 0 bridgehead atoms. The second-order valence-electron chi connectivity index (χ2n) is 7.93. The molecule has 2 aromatic rings. The molecule has 2 aromatic carbocycles. The maximum absolute atomic E-state index is 13.5. The number of hydrogen-bond acceptors (Lipinski definition) is 4. The van der Waals surface area contributed by atoms with Gasteiger partial charge in [-0.3, -0.25) is 14.6 Å². The third-order valence-electron chi connectivity index (χ3n) is 5.97. The summed E-state index contributed by atoms with van der Waals surface area (Å²) in [6.07, 6.45) is 2.07. The highest BCUT2D eigenvalue weighted by atomic mass is 16.5. The number of benzene rings is 2. The molecule has 1 aliphatic heterocycles. The quantitative estimate of drug-likeness (QED) is 0.797. The summed E-state index contributed by atoms with van der Waals surface area (Å²) in [4.78, 5) is 31.2. The predicted molar refractivity (Wildman–Crippen MR) is 118 cm³/mol. The lowest BCUT2D eigenvalue weighted by molar-refractivity contribution is -0.119. The predicted octanol–water partition coefficient (Wildman–Crippen LogP) is 4.82. The Balaban J connectivity index is 1.80. The Hall–Kier alpha value is -3.21. The Morgan fingerprint density at radius 1 is 1.10 bits per heavy atom. The first kappa shape index (κ1) is 20.1. The topological polar surface area (TPSA) is 67.8 Å². The zero-order valence-electron chi connectivity index (χ0n) is 17.6. The van der Waals surface area contributed by atoms with Crippen molar-refractivity contribution in [1.82, 2.24) is 0 Å². The first-order valence-electron chi connectivity index (χ1n) is 10.3. The van der Waals surface area contributed by atoms with Crippen molar-refractivity contribution in [3.63, 3.8) is 0 Å². The number of aryl methyl sites for hydroxylation is 1. The van der Waals surface area contributed by atoms with Crippen molar-refractivity contribution in [2.75, 3.05) is 12.4 Å². The Bertz CT molecular complexity index is 1070. The van der Waals surface area contributed by atoms with Gasteiger partial charge in [0, 0.05) is 35.0 Å². The molecule has 1 heterocycles. The minimum Gasteiger partial charge on any atom is -0.497 e. The maximum atomic E-state index is 13.5. The SMILES string of the molecule is COc1cccc([C@@H]2C3=C(CCCC3=O)N=C(C)C2C(=O)Nc2ccccc2C)c1. The highest BCUT2D eigenvalue weighted by molar-refractivity contribution is 6.13. The van der Waals surface area contributed by atoms with Crippen molar-refractivity contribution in [2.24, 2.45) is 10.9 Å². The van der Waals surface area contributed by atoms with E-state index in [9.17, 15) is 9.59 Å². The van der Waals surface area contributed by atoms with Crippen LogP contribution in [-0.4, -0.2) is 24.5 Å². The van der Waals surface area contributed by atoms with E-state index in [1.807, 2.05) is 62.4 Å². The van der Waals surface area contributed by atoms with Gasteiger partial charge in [0.2, 0.25) is 5.91 Å². The molecule has 1 unspecified atom stereocenters. The maximum Gasteiger partial charge on any atom is 0.234 e. The minimum absolute atomic E-state index is 0.0917. The van der Waals surface area contributed by atoms with Crippen LogP contribution >= 0.6 is 0 Å². The van der Waals surface area contributed by atoms with Gasteiger partial charge in [-0.05, 0) is 56.0 Å². The summed E-state index contributed by atoms with van der Waals surface area (Å²) < 4.78 is 5.41. The van der Waals surface area contributed by atoms with Crippen LogP contribution in [0, 0.1) is 12.8 Å². The number of carbonyl (C=O) groups excluding carboxylic acids is 2. The van der Waals surface area contributed by atoms with Gasteiger partial charge in [-0.25, -0.2) is 0 Å². The molecule has 2 aliphatic rings. The molecule has 0 saturated heterocycles. The number of nitrogens with one attached hydrogen (secondary N) is 1. The third-order valence-corrected chi connectivity index (χ3v) is 5.97. The third kappa shape index (κ3) is 3.67. The van der Waals surface area contributed by atoms with Crippen LogP contribution in [0.1, 0.15) is 43.2 Å². The molecule has 1 N–H and O–H groups in total. The van der Waals surface area contributed by atoms with Crippen molar-refractivity contribution in [2.45, 2.75) is 39.0 Å². The standard InChI is InChI=1S/C25H26N2O3/c1-15-8-4-5-11-19(15)27-25(29)22-16(2)26-20-12-7-13-21(28)24(20)23(22)17-9-6-10-18(14-17)30-3/h4-6,8-11,14,22-23H,7,12-13H2,1-3H3,(H,27,29)/t22?,23-/m0/s1. The van der Waals surface area contributed by atoms with E-state index in [1.54, 1.807) is 7.11 Å². The highest BCUT2D eigenvalue weighted by Gasteiger charge is 2.42. The van der Waals surface area contributed by atoms with Crippen LogP contribution in [0.3, 0.4) is 0 Å². The number of para-hydroxylation sites is 1. The second kappa shape index (κ2) is 8.27. The first-order valence-corrected chi connectivity index (χ1v) is 10.3. The monoisotopic (exact) mass is 402 g/mol. The Morgan fingerprint density at radius 2 is 1.90 bits per heavy atom. The molecule has 5 nitrogen and oxygen atoms in total. The number of ketones is 1. The molecule has 1 amide bonds. The van der Waals surface area contributed by atoms with Crippen LogP contribution in [0.5, 0.6) is 5.75 Å². The van der Waals surface area contributed by atoms with E-state index in [-0.39, 0.29) is 17.6 Å². The number of amides is 1. The van der Waals surface area contributed by atoms with Gasteiger partial charge >= 0.3 is 0 Å². The molecule has 0 spiro atoms. The van der Waals surface area contributed by atoms with E-state index < -0.39 is 5.92 Å². The van der Waals surface area contributed by atoms with Gasteiger partial charge in [-0.2, -0.15) is 0 Å². The molecule has 0 saturated carbocycles. The van der Waals surface area contributed by atoms with Gasteiger partial charge in [0.1, 0.15) is 5.75 Å². The van der Waals surface area contributed by atoms with Gasteiger partial charge in [-0.1, -0.05) is 30.3 Å². The van der Waals surface area contributed by atoms with Crippen LogP contribution < -0.4 is 10.1 Å². The lowest BCUT2D eigenvalue weighted by Gasteiger charge is -2.35. The van der Waals surface area contributed by atoms with Crippen LogP contribution in [-0.2, 0) is 9.59 Å². The Morgan fingerprint density at radius 3 is 2.67 bits per heavy atom. The summed E-state index contributed by atoms with van der Waals surface area (Å²) in [5, 5.41) is 3.06. The number of rotatable bonds is 4. The van der Waals surface area contributed by atoms with Crippen molar-refractivity contribution in [1.29, 1.82) is 0 Å². The molecule has 2 atom stereocenters. The van der Waals surface area contributed by atoms with E-state index in [1.165, 1.54) is 0 Å². The molecule has 4 rings (SSSR count). The number of hydrogen-bond donors (Lipinski definition) is 1. The molecule has 0 radical (unpaired) electrons. The van der Waals surface area contributed by atoms with Crippen molar-refractivity contribution in [3.05, 3.63) is 70.9 Å². The summed E-state index contributed by atoms with van der Waals surface area (Å²) in [6.45, 7) is 3.85. The van der Waals surface area contributed by atoms with Crippen LogP contribution in [0.4, 0.5) is 5.69 Å². The molecule has 1 aliphatic carbocycles. The number of anilines is 1. The normalized spacial score (nSPS) is 21.0. The van der Waals surface area contributed by atoms with Crippen molar-refractivity contribution >= 4 is 23.1 Å². The van der Waals surface area contributed by atoms with Crippen LogP contribution in [0.25, 0.3) is 0 Å². The number of methoxy groups -OCH3 is 1. The molecular weight excluding hydrogens is 376 g/mol. The van der Waals surface area contributed by atoms with E-state index in [2.05, 4.69) is 5.32 Å². The van der Waals surface area contributed by atoms with Gasteiger partial charge in [0.05, 0.1) is 13.0 Å². The first-order chi connectivity index (χ1) is 14.5. The van der Waals surface area contributed by atoms with E-state index in [4.69, 9.17) is 9.73 Å². The van der Waals surface area contributed by atoms with Crippen molar-refractivity contribution in [3.8, 4) is 5.75 Å². The number of Topliss-reactive ketones (excluding diaryl/α,β-unsaturated/α-hetero) is 1. The molecule has 154 valence electrons. The molecule has 5 heteroatoms. The fourth-order valence-electron chi connectivity index (χ4n) is 4.46. The fourth-order valence-corrected chi connectivity index (χ4v) is 4.46. The average molecular weight is 402 g/mol. The van der Waals surface area contributed by atoms with E-state index in [0.29, 0.717) is 17.7 Å². The fraction of sp³-hybridized carbons (Fsp3) is 0.320. The smallest absolute Gasteiger partial charge is 0.234 e. The summed E-state index contributed by atoms with van der Waals surface area (Å²) in [7, 11) is 1.62. The van der Waals surface area contributed by atoms with Crippen LogP contribution in [0.15, 0.2) is 64.8 Å². The minimum atomic E-state index is -0.558. The molecule has 30 heavy (non-hydrogen) atoms. The summed E-state index contributed by atoms with van der Waals surface area (Å²) in [5.41, 5.74) is 4.91. The van der Waals surface area contributed by atoms with Crippen molar-refractivity contribution < 1.29 is 14.3 Å². The lowest BCUT2D eigenvalue weighted by atomic mass is 9.71. The average Bonchev–Trinajstić information content (AvgIpc) is 2.74. The van der Waals surface area contributed by atoms with Gasteiger partial charge in [0.25, 0.3) is 0 Å². The Kier molecular flexibility index (Phi) is 5.53. The number of nitrogens with zero attached hydrogens (tertiary/aromatic N) is 1.